The minimum absolute atomic E-state index is 0.000000000000000222. The molecule has 0 radical (unpaired) electrons. The Balaban J connectivity index is 0.000000305. The van der Waals surface area contributed by atoms with Gasteiger partial charge in [-0.15, -0.1) is 4.99 Å². The van der Waals surface area contributed by atoms with Gasteiger partial charge in [0.05, 0.1) is 4.75 Å². The van der Waals surface area contributed by atoms with E-state index in [2.05, 4.69) is 53.9 Å². The molecule has 2 aliphatic heterocycles. The number of nitrogens with two attached hydrogens (primary N) is 2. The number of pyridine rings is 1. The van der Waals surface area contributed by atoms with Gasteiger partial charge >= 0.3 is 6.09 Å². The predicted molar refractivity (Wildman–Crippen MR) is 144 cm³/mol. The number of rotatable bonds is 3. The first-order chi connectivity index (χ1) is 16.4. The first-order valence-electron chi connectivity index (χ1n) is 9.85. The standard InChI is InChI=1S/C10H9ClN4S.C8H13N3O3S.CH4N2S/c11-9-2-1-8(5-13-9)6-15-3-4-16-10(15)14-7-12;1-8(2)5(12)11(4)6(15-8)10-14-7(13)9-3;2-1(3)4/h1-2,5H,3-4,6H2;1-4H3,(H,9,13);(H4,2,3,4)/b14-10-;10-6-;. The van der Waals surface area contributed by atoms with Crippen molar-refractivity contribution in [2.75, 3.05) is 26.4 Å². The van der Waals surface area contributed by atoms with Crippen LogP contribution in [0.5, 0.6) is 0 Å². The van der Waals surface area contributed by atoms with Crippen molar-refractivity contribution >= 4 is 74.8 Å². The van der Waals surface area contributed by atoms with Crippen molar-refractivity contribution in [1.29, 1.82) is 5.26 Å². The van der Waals surface area contributed by atoms with Crippen LogP contribution in [0.1, 0.15) is 19.4 Å². The first kappa shape index (κ1) is 30.2. The van der Waals surface area contributed by atoms with Crippen LogP contribution in [0.4, 0.5) is 4.79 Å². The third kappa shape index (κ3) is 10.6. The van der Waals surface area contributed by atoms with Gasteiger partial charge in [0.1, 0.15) is 5.15 Å². The summed E-state index contributed by atoms with van der Waals surface area (Å²) < 4.78 is -0.556. The maximum absolute atomic E-state index is 11.6. The lowest BCUT2D eigenvalue weighted by Gasteiger charge is -2.16. The van der Waals surface area contributed by atoms with Crippen LogP contribution in [0, 0.1) is 11.5 Å². The summed E-state index contributed by atoms with van der Waals surface area (Å²) in [6.45, 7) is 5.21. The Labute approximate surface area is 222 Å². The topological polar surface area (TPSA) is 175 Å². The number of amides is 2. The van der Waals surface area contributed by atoms with Crippen molar-refractivity contribution in [3.05, 3.63) is 29.0 Å². The number of carbonyl (C=O) groups excluding carboxylic acids is 2. The molecule has 190 valence electrons. The van der Waals surface area contributed by atoms with Crippen LogP contribution >= 0.6 is 47.3 Å². The molecule has 3 rings (SSSR count). The van der Waals surface area contributed by atoms with Crippen molar-refractivity contribution < 1.29 is 14.4 Å². The SMILES string of the molecule is CNC(=O)O/N=C1\SC(C)(C)C(=O)N1C.N#C/N=C1\SCCN1Cc1ccc(Cl)nc1.NC(N)=S. The molecule has 1 aromatic heterocycles. The van der Waals surface area contributed by atoms with Gasteiger partial charge in [-0.05, 0) is 42.9 Å². The molecular weight excluding hydrogens is 534 g/mol. The van der Waals surface area contributed by atoms with Crippen LogP contribution in [0.2, 0.25) is 5.15 Å². The van der Waals surface area contributed by atoms with E-state index < -0.39 is 10.8 Å². The molecule has 0 spiro atoms. The predicted octanol–water partition coefficient (Wildman–Crippen LogP) is 1.91. The van der Waals surface area contributed by atoms with E-state index in [0.717, 1.165) is 29.6 Å². The van der Waals surface area contributed by atoms with Gasteiger partial charge in [-0.3, -0.25) is 14.5 Å². The summed E-state index contributed by atoms with van der Waals surface area (Å²) in [5.74, 6) is 0.911. The van der Waals surface area contributed by atoms with Crippen molar-refractivity contribution in [3.63, 3.8) is 0 Å². The summed E-state index contributed by atoms with van der Waals surface area (Å²) >= 11 is 12.7. The summed E-state index contributed by atoms with van der Waals surface area (Å²) in [5.41, 5.74) is 10.3. The molecular formula is C19H26ClN9O3S3. The molecule has 0 aliphatic carbocycles. The number of hydrogen-bond acceptors (Lipinski definition) is 10. The van der Waals surface area contributed by atoms with Crippen molar-refractivity contribution in [2.24, 2.45) is 21.6 Å². The summed E-state index contributed by atoms with van der Waals surface area (Å²) in [5, 5.41) is 16.1. The second kappa shape index (κ2) is 14.6. The molecule has 2 fully saturated rings. The molecule has 0 unspecified atom stereocenters. The lowest BCUT2D eigenvalue weighted by molar-refractivity contribution is -0.127. The molecule has 5 N–H and O–H groups in total. The minimum atomic E-state index is -0.659. The number of nitrogens with zero attached hydrogens (tertiary/aromatic N) is 6. The van der Waals surface area contributed by atoms with E-state index in [0.29, 0.717) is 10.3 Å². The third-order valence-corrected chi connectivity index (χ3v) is 6.47. The van der Waals surface area contributed by atoms with Gasteiger partial charge in [-0.25, -0.2) is 9.78 Å². The Hall–Kier alpha value is -2.80. The maximum Gasteiger partial charge on any atom is 0.433 e. The monoisotopic (exact) mass is 559 g/mol. The van der Waals surface area contributed by atoms with E-state index >= 15 is 0 Å². The zero-order valence-electron chi connectivity index (χ0n) is 19.5. The highest BCUT2D eigenvalue weighted by molar-refractivity contribution is 8.16. The average molecular weight is 560 g/mol. The molecule has 1 aromatic rings. The molecule has 16 heteroatoms. The number of aromatic nitrogens is 1. The fourth-order valence-electron chi connectivity index (χ4n) is 2.48. The van der Waals surface area contributed by atoms with E-state index in [9.17, 15) is 9.59 Å². The van der Waals surface area contributed by atoms with Crippen LogP contribution in [0.3, 0.4) is 0 Å². The number of aliphatic imine (C=N–C) groups is 1. The van der Waals surface area contributed by atoms with Gasteiger partial charge in [0.15, 0.2) is 10.3 Å². The largest absolute Gasteiger partial charge is 0.433 e. The van der Waals surface area contributed by atoms with Crippen molar-refractivity contribution in [3.8, 4) is 6.19 Å². The highest BCUT2D eigenvalue weighted by atomic mass is 35.5. The zero-order valence-corrected chi connectivity index (χ0v) is 22.7. The zero-order chi connectivity index (χ0) is 26.6. The third-order valence-electron chi connectivity index (χ3n) is 4.03. The van der Waals surface area contributed by atoms with Gasteiger partial charge < -0.3 is 21.7 Å². The van der Waals surface area contributed by atoms with Crippen LogP contribution < -0.4 is 16.8 Å². The molecule has 0 bridgehead atoms. The van der Waals surface area contributed by atoms with E-state index in [1.165, 1.54) is 23.7 Å². The van der Waals surface area contributed by atoms with Crippen LogP contribution in [-0.4, -0.2) is 73.4 Å². The van der Waals surface area contributed by atoms with Crippen LogP contribution in [0.25, 0.3) is 0 Å². The molecule has 0 atom stereocenters. The Morgan fingerprint density at radius 2 is 2.09 bits per heavy atom. The van der Waals surface area contributed by atoms with Gasteiger partial charge in [0.2, 0.25) is 17.3 Å². The number of halogens is 1. The number of amidine groups is 2. The fraction of sp³-hybridized carbons (Fsp3) is 0.421. The number of hydrogen-bond donors (Lipinski definition) is 3. The van der Waals surface area contributed by atoms with E-state index in [4.69, 9.17) is 16.9 Å². The van der Waals surface area contributed by atoms with Gasteiger partial charge in [0, 0.05) is 39.1 Å². The minimum Gasteiger partial charge on any atom is -0.377 e. The van der Waals surface area contributed by atoms with Gasteiger partial charge in [-0.1, -0.05) is 41.2 Å². The molecule has 0 saturated carbocycles. The van der Waals surface area contributed by atoms with Gasteiger partial charge in [0.25, 0.3) is 0 Å². The number of nitrogens with one attached hydrogen (secondary N) is 1. The summed E-state index contributed by atoms with van der Waals surface area (Å²) in [4.78, 5) is 38.1. The number of thiocarbonyl (C=S) groups is 1. The number of carbonyl (C=O) groups is 2. The van der Waals surface area contributed by atoms with E-state index in [1.807, 2.05) is 12.3 Å². The quantitative estimate of drug-likeness (QED) is 0.162. The maximum atomic E-state index is 11.6. The Bertz CT molecular complexity index is 1010. The highest BCUT2D eigenvalue weighted by Crippen LogP contribution is 2.35. The lowest BCUT2D eigenvalue weighted by Crippen LogP contribution is -2.33. The summed E-state index contributed by atoms with van der Waals surface area (Å²) in [6.07, 6.45) is 2.91. The molecule has 2 saturated heterocycles. The van der Waals surface area contributed by atoms with Crippen LogP contribution in [-0.2, 0) is 16.2 Å². The molecule has 12 nitrogen and oxygen atoms in total. The molecule has 2 aliphatic rings. The second-order valence-corrected chi connectivity index (χ2v) is 10.6. The van der Waals surface area contributed by atoms with Crippen molar-refractivity contribution in [2.45, 2.75) is 25.1 Å². The normalized spacial score (nSPS) is 18.2. The molecule has 35 heavy (non-hydrogen) atoms. The highest BCUT2D eigenvalue weighted by Gasteiger charge is 2.43. The number of oxime groups is 1. The van der Waals surface area contributed by atoms with E-state index in [-0.39, 0.29) is 11.0 Å². The number of nitriles is 1. The second-order valence-electron chi connectivity index (χ2n) is 7.14. The molecule has 2 amide bonds. The van der Waals surface area contributed by atoms with Crippen molar-refractivity contribution in [1.82, 2.24) is 20.1 Å². The Morgan fingerprint density at radius 1 is 1.43 bits per heavy atom. The Kier molecular flexibility index (Phi) is 12.6. The summed E-state index contributed by atoms with van der Waals surface area (Å²) in [7, 11) is 3.03. The molecule has 0 aromatic carbocycles. The lowest BCUT2D eigenvalue weighted by atomic mass is 10.2. The first-order valence-corrected chi connectivity index (χ1v) is 12.4. The van der Waals surface area contributed by atoms with Gasteiger partial charge in [-0.2, -0.15) is 5.26 Å². The summed E-state index contributed by atoms with van der Waals surface area (Å²) in [6, 6.07) is 3.70. The Morgan fingerprint density at radius 3 is 2.57 bits per heavy atom. The van der Waals surface area contributed by atoms with Crippen LogP contribution in [0.15, 0.2) is 28.5 Å². The smallest absolute Gasteiger partial charge is 0.377 e. The fourth-order valence-corrected chi connectivity index (χ4v) is 4.51. The number of thioether (sulfide) groups is 2. The van der Waals surface area contributed by atoms with E-state index in [1.54, 1.807) is 44.9 Å². The average Bonchev–Trinajstić information content (AvgIpc) is 3.31. The molecule has 3 heterocycles.